The van der Waals surface area contributed by atoms with Gasteiger partial charge in [0.2, 0.25) is 0 Å². The van der Waals surface area contributed by atoms with Gasteiger partial charge in [0.05, 0.1) is 0 Å². The fourth-order valence-corrected chi connectivity index (χ4v) is 1.05. The molecule has 0 spiro atoms. The highest BCUT2D eigenvalue weighted by Crippen LogP contribution is 2.09. The number of hydrogen-bond donors (Lipinski definition) is 0. The third-order valence-electron chi connectivity index (χ3n) is 1.96. The molecule has 0 saturated carbocycles. The molecule has 3 heteroatoms. The van der Waals surface area contributed by atoms with E-state index in [1.165, 1.54) is 0 Å². The molecule has 85 valence electrons. The Hall–Kier alpha value is -0.120. The van der Waals surface area contributed by atoms with Crippen LogP contribution in [0.3, 0.4) is 0 Å². The Morgan fingerprint density at radius 1 is 1.14 bits per heavy atom. The summed E-state index contributed by atoms with van der Waals surface area (Å²) in [7, 11) is 0. The van der Waals surface area contributed by atoms with Gasteiger partial charge >= 0.3 is 0 Å². The molecule has 0 saturated heterocycles. The van der Waals surface area contributed by atoms with Crippen molar-refractivity contribution in [2.24, 2.45) is 0 Å². The fourth-order valence-electron chi connectivity index (χ4n) is 1.05. The number of hydrogen-bond acceptors (Lipinski definition) is 2. The van der Waals surface area contributed by atoms with Gasteiger partial charge in [-0.25, -0.2) is 5.11 Å². The maximum Gasteiger partial charge on any atom is 0.194 e. The Bertz CT molecular complexity index is 117. The lowest BCUT2D eigenvalue weighted by Gasteiger charge is -2.19. The first kappa shape index (κ1) is 13.9. The number of rotatable bonds is 9. The standard InChI is InChI=1S/C11H23O3/c1-4-7-9-13-11(8-5-2)14-10(12)6-3/h10-11H,4-9H2,1-3H3. The molecule has 3 nitrogen and oxygen atoms in total. The minimum atomic E-state index is -0.937. The number of ether oxygens (including phenoxy) is 2. The van der Waals surface area contributed by atoms with Crippen molar-refractivity contribution >= 4 is 0 Å². The molecule has 2 unspecified atom stereocenters. The van der Waals surface area contributed by atoms with Crippen molar-refractivity contribution in [2.75, 3.05) is 6.61 Å². The SMILES string of the molecule is CCCCOC(CCC)OC([O])CC. The number of unbranched alkanes of at least 4 members (excludes halogenated alkanes) is 1. The van der Waals surface area contributed by atoms with Crippen molar-refractivity contribution in [1.29, 1.82) is 0 Å². The van der Waals surface area contributed by atoms with Gasteiger partial charge in [-0.1, -0.05) is 33.6 Å². The zero-order valence-electron chi connectivity index (χ0n) is 9.62. The second-order valence-corrected chi connectivity index (χ2v) is 3.42. The van der Waals surface area contributed by atoms with E-state index in [9.17, 15) is 5.11 Å². The maximum absolute atomic E-state index is 11.1. The average molecular weight is 203 g/mol. The van der Waals surface area contributed by atoms with Crippen molar-refractivity contribution in [2.45, 2.75) is 65.5 Å². The van der Waals surface area contributed by atoms with Crippen LogP contribution < -0.4 is 0 Å². The van der Waals surface area contributed by atoms with E-state index < -0.39 is 6.29 Å². The molecule has 0 aliphatic carbocycles. The van der Waals surface area contributed by atoms with Crippen LogP contribution in [0.15, 0.2) is 0 Å². The molecule has 0 rings (SSSR count). The average Bonchev–Trinajstić information content (AvgIpc) is 2.18. The smallest absolute Gasteiger partial charge is 0.194 e. The Balaban J connectivity index is 3.65. The van der Waals surface area contributed by atoms with E-state index in [4.69, 9.17) is 9.47 Å². The van der Waals surface area contributed by atoms with Crippen LogP contribution in [0.2, 0.25) is 0 Å². The van der Waals surface area contributed by atoms with Crippen LogP contribution in [-0.4, -0.2) is 19.2 Å². The van der Waals surface area contributed by atoms with Gasteiger partial charge in [0.1, 0.15) is 0 Å². The summed E-state index contributed by atoms with van der Waals surface area (Å²) >= 11 is 0. The van der Waals surface area contributed by atoms with Crippen LogP contribution in [0.25, 0.3) is 0 Å². The lowest BCUT2D eigenvalue weighted by Crippen LogP contribution is -2.23. The monoisotopic (exact) mass is 203 g/mol. The van der Waals surface area contributed by atoms with Gasteiger partial charge in [0.25, 0.3) is 0 Å². The molecule has 0 aromatic rings. The zero-order valence-corrected chi connectivity index (χ0v) is 9.62. The molecule has 0 amide bonds. The molecular weight excluding hydrogens is 180 g/mol. The Labute approximate surface area is 87.4 Å². The lowest BCUT2D eigenvalue weighted by molar-refractivity contribution is -0.249. The van der Waals surface area contributed by atoms with Gasteiger partial charge in [0, 0.05) is 6.61 Å². The first-order valence-electron chi connectivity index (χ1n) is 5.67. The van der Waals surface area contributed by atoms with E-state index in [1.807, 2.05) is 6.92 Å². The van der Waals surface area contributed by atoms with Crippen molar-refractivity contribution in [3.63, 3.8) is 0 Å². The predicted octanol–water partition coefficient (Wildman–Crippen LogP) is 3.11. The van der Waals surface area contributed by atoms with E-state index >= 15 is 0 Å². The van der Waals surface area contributed by atoms with Gasteiger partial charge in [-0.3, -0.25) is 0 Å². The highest BCUT2D eigenvalue weighted by Gasteiger charge is 2.13. The summed E-state index contributed by atoms with van der Waals surface area (Å²) in [5.41, 5.74) is 0. The van der Waals surface area contributed by atoms with E-state index in [2.05, 4.69) is 13.8 Å². The van der Waals surface area contributed by atoms with E-state index in [0.29, 0.717) is 13.0 Å². The quantitative estimate of drug-likeness (QED) is 0.426. The summed E-state index contributed by atoms with van der Waals surface area (Å²) in [6.45, 7) is 6.69. The third kappa shape index (κ3) is 7.30. The normalized spacial score (nSPS) is 15.4. The summed E-state index contributed by atoms with van der Waals surface area (Å²) in [6.07, 6.45) is 3.18. The molecule has 1 radical (unpaired) electrons. The van der Waals surface area contributed by atoms with Gasteiger partial charge in [-0.05, 0) is 19.3 Å². The van der Waals surface area contributed by atoms with Gasteiger partial charge in [-0.2, -0.15) is 0 Å². The van der Waals surface area contributed by atoms with Crippen LogP contribution in [0.1, 0.15) is 52.9 Å². The van der Waals surface area contributed by atoms with Crippen molar-refractivity contribution in [3.05, 3.63) is 0 Å². The molecule has 0 aliphatic rings. The lowest BCUT2D eigenvalue weighted by atomic mass is 10.3. The molecule has 0 heterocycles. The molecule has 2 atom stereocenters. The minimum absolute atomic E-state index is 0.297. The Kier molecular flexibility index (Phi) is 9.35. The van der Waals surface area contributed by atoms with Crippen LogP contribution in [0.5, 0.6) is 0 Å². The molecule has 14 heavy (non-hydrogen) atoms. The zero-order chi connectivity index (χ0) is 10.8. The van der Waals surface area contributed by atoms with Crippen molar-refractivity contribution in [3.8, 4) is 0 Å². The summed E-state index contributed by atoms with van der Waals surface area (Å²) in [4.78, 5) is 0. The largest absolute Gasteiger partial charge is 0.353 e. The van der Waals surface area contributed by atoms with Gasteiger partial charge < -0.3 is 9.47 Å². The van der Waals surface area contributed by atoms with Crippen LogP contribution >= 0.6 is 0 Å². The first-order valence-corrected chi connectivity index (χ1v) is 5.67. The first-order chi connectivity index (χ1) is 6.74. The summed E-state index contributed by atoms with van der Waals surface area (Å²) in [6, 6.07) is 0. The fraction of sp³-hybridized carbons (Fsp3) is 1.00. The van der Waals surface area contributed by atoms with Gasteiger partial charge in [-0.15, -0.1) is 0 Å². The van der Waals surface area contributed by atoms with Crippen LogP contribution in [0, 0.1) is 0 Å². The molecule has 0 fully saturated rings. The maximum atomic E-state index is 11.1. The molecule has 0 N–H and O–H groups in total. The topological polar surface area (TPSA) is 38.4 Å². The van der Waals surface area contributed by atoms with Gasteiger partial charge in [0.15, 0.2) is 12.6 Å². The van der Waals surface area contributed by atoms with Crippen LogP contribution in [-0.2, 0) is 14.6 Å². The highest BCUT2D eigenvalue weighted by atomic mass is 16.7. The predicted molar refractivity (Wildman–Crippen MR) is 55.4 cm³/mol. The molecule has 0 aliphatic heterocycles. The molecular formula is C11H23O3. The third-order valence-corrected chi connectivity index (χ3v) is 1.96. The Morgan fingerprint density at radius 2 is 1.86 bits per heavy atom. The summed E-state index contributed by atoms with van der Waals surface area (Å²) in [5, 5.41) is 11.1. The summed E-state index contributed by atoms with van der Waals surface area (Å²) < 4.78 is 10.7. The van der Waals surface area contributed by atoms with Crippen LogP contribution in [0.4, 0.5) is 0 Å². The summed E-state index contributed by atoms with van der Waals surface area (Å²) in [5.74, 6) is 0. The van der Waals surface area contributed by atoms with E-state index in [0.717, 1.165) is 25.7 Å². The van der Waals surface area contributed by atoms with E-state index in [-0.39, 0.29) is 6.29 Å². The second kappa shape index (κ2) is 9.44. The second-order valence-electron chi connectivity index (χ2n) is 3.42. The Morgan fingerprint density at radius 3 is 2.36 bits per heavy atom. The van der Waals surface area contributed by atoms with Crippen molar-refractivity contribution in [1.82, 2.24) is 0 Å². The molecule has 0 aromatic heterocycles. The molecule has 0 bridgehead atoms. The van der Waals surface area contributed by atoms with E-state index in [1.54, 1.807) is 0 Å². The molecule has 0 aromatic carbocycles. The highest BCUT2D eigenvalue weighted by molar-refractivity contribution is 4.46. The minimum Gasteiger partial charge on any atom is -0.353 e. The van der Waals surface area contributed by atoms with Crippen molar-refractivity contribution < 1.29 is 14.6 Å².